The van der Waals surface area contributed by atoms with Gasteiger partial charge in [0.15, 0.2) is 6.61 Å². The number of nitrogens with one attached hydrogen (secondary N) is 2. The van der Waals surface area contributed by atoms with Crippen LogP contribution in [0.4, 0.5) is 5.69 Å². The van der Waals surface area contributed by atoms with Crippen molar-refractivity contribution in [3.8, 4) is 0 Å². The van der Waals surface area contributed by atoms with E-state index in [1.807, 2.05) is 0 Å². The number of carbonyl (C=O) groups excluding carboxylic acids is 3. The third-order valence-electron chi connectivity index (χ3n) is 3.88. The van der Waals surface area contributed by atoms with Crippen LogP contribution in [0.1, 0.15) is 26.5 Å². The molecule has 0 saturated heterocycles. The fourth-order valence-electron chi connectivity index (χ4n) is 2.42. The Balaban J connectivity index is 1.58. The molecule has 0 radical (unpaired) electrons. The van der Waals surface area contributed by atoms with E-state index in [0.29, 0.717) is 16.3 Å². The molecule has 29 heavy (non-hydrogen) atoms. The highest BCUT2D eigenvalue weighted by molar-refractivity contribution is 6.30. The van der Waals surface area contributed by atoms with Crippen molar-refractivity contribution in [3.05, 3.63) is 88.8 Å². The van der Waals surface area contributed by atoms with E-state index in [1.165, 1.54) is 12.3 Å². The van der Waals surface area contributed by atoms with Gasteiger partial charge in [0.2, 0.25) is 0 Å². The van der Waals surface area contributed by atoms with Crippen molar-refractivity contribution in [3.63, 3.8) is 0 Å². The zero-order chi connectivity index (χ0) is 20.6. The van der Waals surface area contributed by atoms with Gasteiger partial charge in [-0.3, -0.25) is 9.59 Å². The zero-order valence-corrected chi connectivity index (χ0v) is 15.9. The Morgan fingerprint density at radius 1 is 0.966 bits per heavy atom. The summed E-state index contributed by atoms with van der Waals surface area (Å²) >= 11 is 5.82. The van der Waals surface area contributed by atoms with Crippen LogP contribution in [0.15, 0.2) is 71.3 Å². The number of amides is 2. The summed E-state index contributed by atoms with van der Waals surface area (Å²) in [6.45, 7) is -0.268. The number of esters is 1. The Morgan fingerprint density at radius 2 is 1.72 bits per heavy atom. The van der Waals surface area contributed by atoms with Crippen molar-refractivity contribution in [1.29, 1.82) is 0 Å². The summed E-state index contributed by atoms with van der Waals surface area (Å²) in [5.41, 5.74) is 0.789. The molecule has 0 saturated carbocycles. The maximum atomic E-state index is 12.4. The predicted molar refractivity (Wildman–Crippen MR) is 107 cm³/mol. The van der Waals surface area contributed by atoms with Gasteiger partial charge in [0.05, 0.1) is 24.1 Å². The fraction of sp³-hybridized carbons (Fsp3) is 0.0952. The average molecular weight is 413 g/mol. The molecule has 0 fully saturated rings. The highest BCUT2D eigenvalue weighted by Crippen LogP contribution is 2.18. The van der Waals surface area contributed by atoms with Crippen molar-refractivity contribution >= 4 is 35.1 Å². The molecule has 2 aromatic carbocycles. The molecule has 0 atom stereocenters. The van der Waals surface area contributed by atoms with Crippen LogP contribution < -0.4 is 10.6 Å². The zero-order valence-electron chi connectivity index (χ0n) is 15.2. The van der Waals surface area contributed by atoms with Crippen LogP contribution in [0.25, 0.3) is 0 Å². The Morgan fingerprint density at radius 3 is 2.45 bits per heavy atom. The summed E-state index contributed by atoms with van der Waals surface area (Å²) in [6.07, 6.45) is 1.50. The fourth-order valence-corrected chi connectivity index (χ4v) is 2.55. The lowest BCUT2D eigenvalue weighted by molar-refractivity contribution is -0.124. The van der Waals surface area contributed by atoms with Gasteiger partial charge in [0, 0.05) is 10.6 Å². The third-order valence-corrected chi connectivity index (χ3v) is 4.13. The van der Waals surface area contributed by atoms with E-state index < -0.39 is 24.4 Å². The van der Waals surface area contributed by atoms with Crippen molar-refractivity contribution in [1.82, 2.24) is 5.32 Å². The lowest BCUT2D eigenvalue weighted by Crippen LogP contribution is -2.28. The molecule has 7 nitrogen and oxygen atoms in total. The molecule has 0 aliphatic rings. The average Bonchev–Trinajstić information content (AvgIpc) is 3.25. The van der Waals surface area contributed by atoms with Gasteiger partial charge < -0.3 is 19.8 Å². The van der Waals surface area contributed by atoms with Crippen LogP contribution in [-0.4, -0.2) is 24.4 Å². The molecule has 3 rings (SSSR count). The minimum Gasteiger partial charge on any atom is -0.467 e. The normalized spacial score (nSPS) is 10.2. The summed E-state index contributed by atoms with van der Waals surface area (Å²) < 4.78 is 10.2. The number of benzene rings is 2. The first-order valence-corrected chi connectivity index (χ1v) is 9.03. The van der Waals surface area contributed by atoms with Crippen LogP contribution in [-0.2, 0) is 16.1 Å². The number of para-hydroxylation sites is 1. The van der Waals surface area contributed by atoms with Crippen molar-refractivity contribution in [2.24, 2.45) is 0 Å². The number of rotatable bonds is 7. The summed E-state index contributed by atoms with van der Waals surface area (Å²) in [7, 11) is 0. The van der Waals surface area contributed by atoms with Crippen LogP contribution in [0.2, 0.25) is 5.02 Å². The standard InChI is InChI=1S/C21H17ClN2O5/c22-15-9-7-14(8-10-15)20(26)24-18-6-2-1-5-17(18)21(27)29-13-19(25)23-12-16-4-3-11-28-16/h1-11H,12-13H2,(H,23,25)(H,24,26). The van der Waals surface area contributed by atoms with E-state index >= 15 is 0 Å². The molecule has 0 bridgehead atoms. The minimum absolute atomic E-state index is 0.133. The number of carbonyl (C=O) groups is 3. The number of halogens is 1. The number of anilines is 1. The molecular weight excluding hydrogens is 396 g/mol. The van der Waals surface area contributed by atoms with E-state index in [4.69, 9.17) is 20.8 Å². The van der Waals surface area contributed by atoms with Crippen LogP contribution in [0.3, 0.4) is 0 Å². The van der Waals surface area contributed by atoms with Gasteiger partial charge in [-0.1, -0.05) is 23.7 Å². The van der Waals surface area contributed by atoms with E-state index in [-0.39, 0.29) is 17.8 Å². The molecule has 148 valence electrons. The largest absolute Gasteiger partial charge is 0.467 e. The SMILES string of the molecule is O=C(COC(=O)c1ccccc1NC(=O)c1ccc(Cl)cc1)NCc1ccco1. The Bertz CT molecular complexity index is 1000. The number of hydrogen-bond acceptors (Lipinski definition) is 5. The van der Waals surface area contributed by atoms with E-state index in [9.17, 15) is 14.4 Å². The van der Waals surface area contributed by atoms with E-state index in [0.717, 1.165) is 0 Å². The topological polar surface area (TPSA) is 97.6 Å². The van der Waals surface area contributed by atoms with Crippen LogP contribution >= 0.6 is 11.6 Å². The smallest absolute Gasteiger partial charge is 0.340 e. The second-order valence-corrected chi connectivity index (χ2v) is 6.38. The highest BCUT2D eigenvalue weighted by Gasteiger charge is 2.16. The third kappa shape index (κ3) is 5.70. The van der Waals surface area contributed by atoms with Gasteiger partial charge in [-0.2, -0.15) is 0 Å². The van der Waals surface area contributed by atoms with Crippen LogP contribution in [0.5, 0.6) is 0 Å². The molecule has 0 unspecified atom stereocenters. The van der Waals surface area contributed by atoms with Crippen molar-refractivity contribution in [2.75, 3.05) is 11.9 Å². The molecule has 0 aliphatic heterocycles. The molecule has 2 N–H and O–H groups in total. The molecule has 0 aliphatic carbocycles. The lowest BCUT2D eigenvalue weighted by atomic mass is 10.1. The maximum Gasteiger partial charge on any atom is 0.340 e. The summed E-state index contributed by atoms with van der Waals surface area (Å²) in [4.78, 5) is 36.6. The second-order valence-electron chi connectivity index (χ2n) is 5.94. The molecule has 1 aromatic heterocycles. The van der Waals surface area contributed by atoms with E-state index in [1.54, 1.807) is 54.6 Å². The summed E-state index contributed by atoms with van der Waals surface area (Å²) in [5.74, 6) is -1.03. The number of ether oxygens (including phenoxy) is 1. The first-order valence-electron chi connectivity index (χ1n) is 8.65. The lowest BCUT2D eigenvalue weighted by Gasteiger charge is -2.11. The van der Waals surface area contributed by atoms with E-state index in [2.05, 4.69) is 10.6 Å². The highest BCUT2D eigenvalue weighted by atomic mass is 35.5. The van der Waals surface area contributed by atoms with Gasteiger partial charge >= 0.3 is 5.97 Å². The molecule has 2 amide bonds. The monoisotopic (exact) mass is 412 g/mol. The van der Waals surface area contributed by atoms with Crippen molar-refractivity contribution in [2.45, 2.75) is 6.54 Å². The summed E-state index contributed by atoms with van der Waals surface area (Å²) in [5, 5.41) is 5.75. The Kier molecular flexibility index (Phi) is 6.65. The Labute approximate surface area is 171 Å². The minimum atomic E-state index is -0.731. The quantitative estimate of drug-likeness (QED) is 0.577. The van der Waals surface area contributed by atoms with Gasteiger partial charge in [-0.25, -0.2) is 4.79 Å². The number of furan rings is 1. The first kappa shape index (κ1) is 20.2. The van der Waals surface area contributed by atoms with Gasteiger partial charge in [0.1, 0.15) is 5.76 Å². The van der Waals surface area contributed by atoms with Crippen LogP contribution in [0, 0.1) is 0 Å². The van der Waals surface area contributed by atoms with Gasteiger partial charge in [-0.05, 0) is 48.5 Å². The molecule has 8 heteroatoms. The maximum absolute atomic E-state index is 12.4. The molecule has 3 aromatic rings. The van der Waals surface area contributed by atoms with Gasteiger partial charge in [-0.15, -0.1) is 0 Å². The van der Waals surface area contributed by atoms with Gasteiger partial charge in [0.25, 0.3) is 11.8 Å². The first-order chi connectivity index (χ1) is 14.0. The second kappa shape index (κ2) is 9.57. The van der Waals surface area contributed by atoms with Crippen molar-refractivity contribution < 1.29 is 23.5 Å². The molecule has 0 spiro atoms. The molecule has 1 heterocycles. The number of hydrogen-bond donors (Lipinski definition) is 2. The summed E-state index contributed by atoms with van der Waals surface area (Å²) in [6, 6.07) is 16.1. The Hall–Kier alpha value is -3.58. The molecular formula is C21H17ClN2O5. The predicted octanol–water partition coefficient (Wildman–Crippen LogP) is 3.66.